The van der Waals surface area contributed by atoms with E-state index >= 15 is 0 Å². The van der Waals surface area contributed by atoms with Gasteiger partial charge in [-0.2, -0.15) is 0 Å². The van der Waals surface area contributed by atoms with Crippen molar-refractivity contribution < 1.29 is 14.7 Å². The molecule has 0 aromatic heterocycles. The summed E-state index contributed by atoms with van der Waals surface area (Å²) in [7, 11) is 0. The second-order valence-corrected chi connectivity index (χ2v) is 4.15. The number of carboxylic acid groups (broad SMARTS) is 1. The minimum atomic E-state index is -1.01. The topological polar surface area (TPSA) is 69.6 Å². The normalized spacial score (nSPS) is 10.5. The average Bonchev–Trinajstić information content (AvgIpc) is 2.30. The van der Waals surface area contributed by atoms with Crippen LogP contribution in [0.15, 0.2) is 0 Å². The highest BCUT2D eigenvalue weighted by Gasteiger charge is 2.10. The quantitative estimate of drug-likeness (QED) is 0.603. The summed E-state index contributed by atoms with van der Waals surface area (Å²) < 4.78 is 0. The van der Waals surface area contributed by atoms with Crippen molar-refractivity contribution in [2.24, 2.45) is 0 Å². The van der Waals surface area contributed by atoms with Crippen molar-refractivity contribution in [2.45, 2.75) is 39.5 Å². The fourth-order valence-corrected chi connectivity index (χ4v) is 1.47. The molecule has 0 radical (unpaired) electrons. The first kappa shape index (κ1) is 15.9. The summed E-state index contributed by atoms with van der Waals surface area (Å²) in [5.41, 5.74) is 0. The van der Waals surface area contributed by atoms with Crippen LogP contribution in [0.4, 0.5) is 0 Å². The van der Waals surface area contributed by atoms with E-state index in [0.717, 1.165) is 38.8 Å². The van der Waals surface area contributed by atoms with Crippen molar-refractivity contribution in [2.75, 3.05) is 26.2 Å². The van der Waals surface area contributed by atoms with Gasteiger partial charge in [0.1, 0.15) is 6.54 Å². The van der Waals surface area contributed by atoms with Gasteiger partial charge in [0.25, 0.3) is 0 Å². The standard InChI is InChI=1S/C12H24N2O3/c1-3-5-7-14(8-6-4-2)10-11(15)13-9-12(16)17/h3-10H2,1-2H3,(H,13,15)(H,16,17). The third kappa shape index (κ3) is 9.81. The molecular weight excluding hydrogens is 220 g/mol. The Morgan fingerprint density at radius 3 is 2.06 bits per heavy atom. The number of aliphatic carboxylic acids is 1. The van der Waals surface area contributed by atoms with Crippen LogP contribution in [0.5, 0.6) is 0 Å². The van der Waals surface area contributed by atoms with Gasteiger partial charge in [-0.1, -0.05) is 26.7 Å². The van der Waals surface area contributed by atoms with Crippen molar-refractivity contribution in [3.8, 4) is 0 Å². The first-order valence-electron chi connectivity index (χ1n) is 6.31. The average molecular weight is 244 g/mol. The van der Waals surface area contributed by atoms with E-state index in [9.17, 15) is 9.59 Å². The molecule has 17 heavy (non-hydrogen) atoms. The molecule has 0 spiro atoms. The van der Waals surface area contributed by atoms with E-state index in [4.69, 9.17) is 5.11 Å². The molecular formula is C12H24N2O3. The lowest BCUT2D eigenvalue weighted by molar-refractivity contribution is -0.138. The third-order valence-corrected chi connectivity index (χ3v) is 2.46. The van der Waals surface area contributed by atoms with E-state index in [-0.39, 0.29) is 12.5 Å². The Morgan fingerprint density at radius 2 is 1.65 bits per heavy atom. The number of carbonyl (C=O) groups excluding carboxylic acids is 1. The fourth-order valence-electron chi connectivity index (χ4n) is 1.47. The lowest BCUT2D eigenvalue weighted by Gasteiger charge is -2.20. The summed E-state index contributed by atoms with van der Waals surface area (Å²) in [6, 6.07) is 0. The van der Waals surface area contributed by atoms with Gasteiger partial charge in [-0.05, 0) is 25.9 Å². The lowest BCUT2D eigenvalue weighted by atomic mass is 10.2. The third-order valence-electron chi connectivity index (χ3n) is 2.46. The van der Waals surface area contributed by atoms with E-state index in [1.54, 1.807) is 0 Å². The van der Waals surface area contributed by atoms with Gasteiger partial charge in [-0.15, -0.1) is 0 Å². The molecule has 0 rings (SSSR count). The predicted octanol–water partition coefficient (Wildman–Crippen LogP) is 1.09. The van der Waals surface area contributed by atoms with Gasteiger partial charge in [0, 0.05) is 0 Å². The Balaban J connectivity index is 3.93. The second-order valence-electron chi connectivity index (χ2n) is 4.15. The second kappa shape index (κ2) is 10.1. The van der Waals surface area contributed by atoms with Crippen LogP contribution in [-0.2, 0) is 9.59 Å². The Bertz CT molecular complexity index is 224. The number of rotatable bonds is 10. The highest BCUT2D eigenvalue weighted by Crippen LogP contribution is 1.98. The van der Waals surface area contributed by atoms with Gasteiger partial charge in [-0.3, -0.25) is 14.5 Å². The Hall–Kier alpha value is -1.10. The van der Waals surface area contributed by atoms with Gasteiger partial charge >= 0.3 is 5.97 Å². The molecule has 5 nitrogen and oxygen atoms in total. The van der Waals surface area contributed by atoms with E-state index < -0.39 is 5.97 Å². The molecule has 0 saturated heterocycles. The summed E-state index contributed by atoms with van der Waals surface area (Å²) in [6.07, 6.45) is 4.32. The molecule has 5 heteroatoms. The number of hydrogen-bond acceptors (Lipinski definition) is 3. The van der Waals surface area contributed by atoms with Gasteiger partial charge < -0.3 is 10.4 Å². The van der Waals surface area contributed by atoms with E-state index in [1.807, 2.05) is 0 Å². The van der Waals surface area contributed by atoms with Crippen LogP contribution in [-0.4, -0.2) is 48.1 Å². The van der Waals surface area contributed by atoms with Crippen LogP contribution in [0, 0.1) is 0 Å². The molecule has 0 atom stereocenters. The molecule has 0 heterocycles. The molecule has 0 unspecified atom stereocenters. The Labute approximate surface area is 103 Å². The molecule has 1 amide bonds. The van der Waals surface area contributed by atoms with Crippen LogP contribution < -0.4 is 5.32 Å². The minimum absolute atomic E-state index is 0.209. The molecule has 0 fully saturated rings. The number of nitrogens with one attached hydrogen (secondary N) is 1. The first-order chi connectivity index (χ1) is 8.10. The van der Waals surface area contributed by atoms with E-state index in [2.05, 4.69) is 24.1 Å². The predicted molar refractivity (Wildman–Crippen MR) is 66.9 cm³/mol. The molecule has 0 aliphatic rings. The maximum absolute atomic E-state index is 11.5. The van der Waals surface area contributed by atoms with Crippen LogP contribution in [0.3, 0.4) is 0 Å². The zero-order chi connectivity index (χ0) is 13.1. The molecule has 100 valence electrons. The molecule has 0 aromatic rings. The van der Waals surface area contributed by atoms with Crippen molar-refractivity contribution in [1.82, 2.24) is 10.2 Å². The van der Waals surface area contributed by atoms with E-state index in [0.29, 0.717) is 6.54 Å². The highest BCUT2D eigenvalue weighted by atomic mass is 16.4. The molecule has 2 N–H and O–H groups in total. The lowest BCUT2D eigenvalue weighted by Crippen LogP contribution is -2.40. The van der Waals surface area contributed by atoms with Crippen LogP contribution in [0.1, 0.15) is 39.5 Å². The van der Waals surface area contributed by atoms with Crippen molar-refractivity contribution >= 4 is 11.9 Å². The van der Waals surface area contributed by atoms with Gasteiger partial charge in [0.05, 0.1) is 6.54 Å². The van der Waals surface area contributed by atoms with Gasteiger partial charge in [-0.25, -0.2) is 0 Å². The number of carboxylic acids is 1. The maximum Gasteiger partial charge on any atom is 0.322 e. The van der Waals surface area contributed by atoms with Gasteiger partial charge in [0.2, 0.25) is 5.91 Å². The Morgan fingerprint density at radius 1 is 1.12 bits per heavy atom. The van der Waals surface area contributed by atoms with Crippen molar-refractivity contribution in [1.29, 1.82) is 0 Å². The zero-order valence-corrected chi connectivity index (χ0v) is 10.9. The molecule has 0 bridgehead atoms. The maximum atomic E-state index is 11.5. The van der Waals surface area contributed by atoms with Crippen LogP contribution in [0.25, 0.3) is 0 Å². The summed E-state index contributed by atoms with van der Waals surface area (Å²) in [5.74, 6) is -1.22. The molecule has 0 saturated carbocycles. The van der Waals surface area contributed by atoms with Gasteiger partial charge in [0.15, 0.2) is 0 Å². The first-order valence-corrected chi connectivity index (χ1v) is 6.31. The minimum Gasteiger partial charge on any atom is -0.480 e. The van der Waals surface area contributed by atoms with Crippen LogP contribution >= 0.6 is 0 Å². The van der Waals surface area contributed by atoms with Crippen LogP contribution in [0.2, 0.25) is 0 Å². The van der Waals surface area contributed by atoms with Crippen molar-refractivity contribution in [3.05, 3.63) is 0 Å². The zero-order valence-electron chi connectivity index (χ0n) is 10.9. The molecule has 0 aliphatic heterocycles. The summed E-state index contributed by atoms with van der Waals surface area (Å²) >= 11 is 0. The highest BCUT2D eigenvalue weighted by molar-refractivity contribution is 5.82. The summed E-state index contributed by atoms with van der Waals surface area (Å²) in [4.78, 5) is 23.9. The number of amides is 1. The SMILES string of the molecule is CCCCN(CCCC)CC(=O)NCC(=O)O. The smallest absolute Gasteiger partial charge is 0.322 e. The fraction of sp³-hybridized carbons (Fsp3) is 0.833. The number of carbonyl (C=O) groups is 2. The number of hydrogen-bond donors (Lipinski definition) is 2. The Kier molecular flexibility index (Phi) is 9.43. The van der Waals surface area contributed by atoms with Crippen molar-refractivity contribution in [3.63, 3.8) is 0 Å². The number of nitrogens with zero attached hydrogens (tertiary/aromatic N) is 1. The van der Waals surface area contributed by atoms with E-state index in [1.165, 1.54) is 0 Å². The number of unbranched alkanes of at least 4 members (excludes halogenated alkanes) is 2. The molecule has 0 aromatic carbocycles. The molecule has 0 aliphatic carbocycles. The monoisotopic (exact) mass is 244 g/mol. The largest absolute Gasteiger partial charge is 0.480 e. The summed E-state index contributed by atoms with van der Waals surface area (Å²) in [6.45, 7) is 6.03. The summed E-state index contributed by atoms with van der Waals surface area (Å²) in [5, 5.41) is 10.8.